The predicted octanol–water partition coefficient (Wildman–Crippen LogP) is 4.00. The number of nitrogens with zero attached hydrogens (tertiary/aromatic N) is 2. The molecule has 0 unspecified atom stereocenters. The number of hydrogen-bond donors (Lipinski definition) is 0. The van der Waals surface area contributed by atoms with E-state index in [4.69, 9.17) is 0 Å². The quantitative estimate of drug-likeness (QED) is 0.612. The molecule has 1 aromatic carbocycles. The van der Waals surface area contributed by atoms with Crippen molar-refractivity contribution in [2.75, 3.05) is 37.6 Å². The summed E-state index contributed by atoms with van der Waals surface area (Å²) >= 11 is 0. The number of carbonyl (C=O) groups excluding carboxylic acids is 1. The minimum Gasteiger partial charge on any atom is -0.369 e. The smallest absolute Gasteiger partial charge is 0.159 e. The second-order valence-corrected chi connectivity index (χ2v) is 8.69. The van der Waals surface area contributed by atoms with E-state index >= 15 is 0 Å². The van der Waals surface area contributed by atoms with Gasteiger partial charge >= 0.3 is 0 Å². The number of allylic oxidation sites excluding steroid dienone is 1. The van der Waals surface area contributed by atoms with Gasteiger partial charge in [-0.25, -0.2) is 0 Å². The summed E-state index contributed by atoms with van der Waals surface area (Å²) in [7, 11) is 0. The zero-order valence-corrected chi connectivity index (χ0v) is 15.8. The molecule has 134 valence electrons. The van der Waals surface area contributed by atoms with Gasteiger partial charge in [0.1, 0.15) is 0 Å². The molecule has 1 saturated carbocycles. The van der Waals surface area contributed by atoms with Crippen molar-refractivity contribution in [2.45, 2.75) is 33.6 Å². The van der Waals surface area contributed by atoms with Crippen LogP contribution in [0.15, 0.2) is 35.9 Å². The van der Waals surface area contributed by atoms with Crippen LogP contribution in [0, 0.1) is 17.3 Å². The van der Waals surface area contributed by atoms with Gasteiger partial charge in [-0.05, 0) is 61.3 Å². The summed E-state index contributed by atoms with van der Waals surface area (Å²) in [6.45, 7) is 12.1. The number of ketones is 1. The lowest BCUT2D eigenvalue weighted by Crippen LogP contribution is -2.52. The molecule has 0 spiro atoms. The minimum absolute atomic E-state index is 0.137. The average Bonchev–Trinajstić information content (AvgIpc) is 2.62. The van der Waals surface area contributed by atoms with Crippen molar-refractivity contribution in [3.05, 3.63) is 41.5 Å². The van der Waals surface area contributed by atoms with E-state index < -0.39 is 0 Å². The molecule has 2 atom stereocenters. The van der Waals surface area contributed by atoms with Crippen LogP contribution in [0.3, 0.4) is 0 Å². The normalized spacial score (nSPS) is 28.3. The topological polar surface area (TPSA) is 23.6 Å². The van der Waals surface area contributed by atoms with Gasteiger partial charge in [0.25, 0.3) is 0 Å². The number of carbonyl (C=O) groups is 1. The van der Waals surface area contributed by atoms with Crippen LogP contribution in [-0.2, 0) is 0 Å². The number of fused-ring (bicyclic) bond motifs is 1. The van der Waals surface area contributed by atoms with Crippen molar-refractivity contribution in [1.82, 2.24) is 4.90 Å². The Labute approximate surface area is 151 Å². The number of rotatable bonds is 4. The van der Waals surface area contributed by atoms with Crippen LogP contribution in [0.25, 0.3) is 0 Å². The monoisotopic (exact) mass is 338 g/mol. The number of piperazine rings is 1. The predicted molar refractivity (Wildman–Crippen MR) is 103 cm³/mol. The van der Waals surface area contributed by atoms with Gasteiger partial charge in [0, 0.05) is 44.0 Å². The van der Waals surface area contributed by atoms with Gasteiger partial charge in [0.2, 0.25) is 0 Å². The van der Waals surface area contributed by atoms with E-state index in [-0.39, 0.29) is 5.78 Å². The first-order chi connectivity index (χ1) is 11.9. The van der Waals surface area contributed by atoms with E-state index in [1.807, 2.05) is 12.1 Å². The molecule has 25 heavy (non-hydrogen) atoms. The maximum Gasteiger partial charge on any atom is 0.159 e. The van der Waals surface area contributed by atoms with Gasteiger partial charge < -0.3 is 4.90 Å². The van der Waals surface area contributed by atoms with E-state index in [1.54, 1.807) is 12.5 Å². The summed E-state index contributed by atoms with van der Waals surface area (Å²) in [6.07, 6.45) is 5.25. The third-order valence-electron chi connectivity index (χ3n) is 7.00. The highest BCUT2D eigenvalue weighted by atomic mass is 16.1. The van der Waals surface area contributed by atoms with E-state index in [0.29, 0.717) is 5.41 Å². The Balaban J connectivity index is 1.33. The minimum atomic E-state index is 0.137. The first-order valence-electron chi connectivity index (χ1n) is 9.72. The highest BCUT2D eigenvalue weighted by molar-refractivity contribution is 5.94. The molecule has 5 rings (SSSR count). The molecular weight excluding hydrogens is 308 g/mol. The lowest BCUT2D eigenvalue weighted by atomic mass is 9.49. The molecular formula is C22H30N2O. The van der Waals surface area contributed by atoms with Crippen molar-refractivity contribution in [1.29, 1.82) is 0 Å². The molecule has 1 aliphatic heterocycles. The van der Waals surface area contributed by atoms with Crippen LogP contribution in [0.1, 0.15) is 44.0 Å². The zero-order chi connectivity index (χ0) is 17.6. The Morgan fingerprint density at radius 2 is 1.80 bits per heavy atom. The molecule has 0 amide bonds. The average molecular weight is 338 g/mol. The van der Waals surface area contributed by atoms with Crippen molar-refractivity contribution in [3.8, 4) is 0 Å². The van der Waals surface area contributed by atoms with Crippen molar-refractivity contribution in [2.24, 2.45) is 17.3 Å². The van der Waals surface area contributed by atoms with Crippen LogP contribution in [0.4, 0.5) is 5.69 Å². The Morgan fingerprint density at radius 3 is 2.36 bits per heavy atom. The second-order valence-electron chi connectivity index (χ2n) is 8.69. The Bertz CT molecular complexity index is 680. The van der Waals surface area contributed by atoms with Crippen molar-refractivity contribution < 1.29 is 4.79 Å². The summed E-state index contributed by atoms with van der Waals surface area (Å²) < 4.78 is 0. The second kappa shape index (κ2) is 6.28. The Kier molecular flexibility index (Phi) is 4.23. The highest BCUT2D eigenvalue weighted by Gasteiger charge is 2.51. The molecule has 3 nitrogen and oxygen atoms in total. The summed E-state index contributed by atoms with van der Waals surface area (Å²) in [5.74, 6) is 1.89. The molecule has 0 aromatic heterocycles. The first kappa shape index (κ1) is 16.8. The lowest BCUT2D eigenvalue weighted by Gasteiger charge is -2.57. The molecule has 3 heteroatoms. The fraction of sp³-hybridized carbons (Fsp3) is 0.591. The lowest BCUT2D eigenvalue weighted by molar-refractivity contribution is -0.0107. The largest absolute Gasteiger partial charge is 0.369 e. The number of anilines is 1. The maximum absolute atomic E-state index is 11.4. The molecule has 3 aliphatic carbocycles. The SMILES string of the molecule is CC(=O)c1ccc(N2CCN(CC3=CC[C@H]4C[C@@H]3C4(C)C)CC2)cc1. The van der Waals surface area contributed by atoms with Gasteiger partial charge in [0.15, 0.2) is 5.78 Å². The molecule has 1 saturated heterocycles. The number of hydrogen-bond acceptors (Lipinski definition) is 3. The van der Waals surface area contributed by atoms with Crippen LogP contribution in [-0.4, -0.2) is 43.4 Å². The summed E-state index contributed by atoms with van der Waals surface area (Å²) in [6, 6.07) is 8.08. The van der Waals surface area contributed by atoms with Crippen LogP contribution >= 0.6 is 0 Å². The van der Waals surface area contributed by atoms with Gasteiger partial charge in [0.05, 0.1) is 0 Å². The summed E-state index contributed by atoms with van der Waals surface area (Å²) in [5, 5.41) is 0. The van der Waals surface area contributed by atoms with E-state index in [1.165, 1.54) is 18.5 Å². The summed E-state index contributed by atoms with van der Waals surface area (Å²) in [5.41, 5.74) is 4.27. The fourth-order valence-corrected chi connectivity index (χ4v) is 4.99. The van der Waals surface area contributed by atoms with Gasteiger partial charge in [-0.2, -0.15) is 0 Å². The van der Waals surface area contributed by atoms with Crippen molar-refractivity contribution in [3.63, 3.8) is 0 Å². The van der Waals surface area contributed by atoms with Gasteiger partial charge in [-0.15, -0.1) is 0 Å². The van der Waals surface area contributed by atoms with Crippen LogP contribution in [0.2, 0.25) is 0 Å². The number of benzene rings is 1. The zero-order valence-electron chi connectivity index (χ0n) is 15.8. The van der Waals surface area contributed by atoms with E-state index in [2.05, 4.69) is 41.9 Å². The van der Waals surface area contributed by atoms with Crippen LogP contribution in [0.5, 0.6) is 0 Å². The standard InChI is InChI=1S/C22H30N2O/c1-16(25)17-5-8-20(9-6-17)24-12-10-23(11-13-24)15-18-4-7-19-14-21(18)22(19,2)3/h4-6,8-9,19,21H,7,10-15H2,1-3H3/t19-,21-/m0/s1. The van der Waals surface area contributed by atoms with Crippen molar-refractivity contribution >= 4 is 11.5 Å². The molecule has 1 aromatic rings. The van der Waals surface area contributed by atoms with Crippen LogP contribution < -0.4 is 4.90 Å². The molecule has 0 radical (unpaired) electrons. The molecule has 0 N–H and O–H groups in total. The first-order valence-corrected chi connectivity index (χ1v) is 9.72. The number of Topliss-reactive ketones (excluding diaryl/α,β-unsaturated/α-hetero) is 1. The highest BCUT2D eigenvalue weighted by Crippen LogP contribution is 2.59. The Hall–Kier alpha value is -1.61. The third-order valence-corrected chi connectivity index (χ3v) is 7.00. The molecule has 2 bridgehead atoms. The third kappa shape index (κ3) is 3.03. The maximum atomic E-state index is 11.4. The molecule has 1 heterocycles. The molecule has 4 aliphatic rings. The van der Waals surface area contributed by atoms with E-state index in [9.17, 15) is 4.79 Å². The Morgan fingerprint density at radius 1 is 1.12 bits per heavy atom. The van der Waals surface area contributed by atoms with Gasteiger partial charge in [-0.1, -0.05) is 25.5 Å². The summed E-state index contributed by atoms with van der Waals surface area (Å²) in [4.78, 5) is 16.5. The fourth-order valence-electron chi connectivity index (χ4n) is 4.99. The van der Waals surface area contributed by atoms with Gasteiger partial charge in [-0.3, -0.25) is 9.69 Å². The molecule has 2 fully saturated rings. The van der Waals surface area contributed by atoms with E-state index in [0.717, 1.165) is 50.1 Å².